The predicted molar refractivity (Wildman–Crippen MR) is 69.9 cm³/mol. The van der Waals surface area contributed by atoms with Gasteiger partial charge in [0.2, 0.25) is 0 Å². The fraction of sp³-hybridized carbons (Fsp3) is 0.385. The van der Waals surface area contributed by atoms with E-state index >= 15 is 0 Å². The normalized spacial score (nSPS) is 13.4. The SMILES string of the molecule is CC(CNC(=O)NC(CO)C(=O)O)c1ccccc1. The fourth-order valence-electron chi connectivity index (χ4n) is 1.54. The van der Waals surface area contributed by atoms with Gasteiger partial charge in [-0.2, -0.15) is 0 Å². The molecule has 0 radical (unpaired) electrons. The van der Waals surface area contributed by atoms with Crippen LogP contribution in [0.1, 0.15) is 18.4 Å². The third-order valence-electron chi connectivity index (χ3n) is 2.72. The standard InChI is InChI=1S/C13H18N2O4/c1-9(10-5-3-2-4-6-10)7-14-13(19)15-11(8-16)12(17)18/h2-6,9,11,16H,7-8H2,1H3,(H,17,18)(H2,14,15,19). The first-order valence-corrected chi connectivity index (χ1v) is 5.97. The third-order valence-corrected chi connectivity index (χ3v) is 2.72. The Hall–Kier alpha value is -2.08. The summed E-state index contributed by atoms with van der Waals surface area (Å²) in [6, 6.07) is 7.76. The van der Waals surface area contributed by atoms with Crippen molar-refractivity contribution in [1.82, 2.24) is 10.6 Å². The lowest BCUT2D eigenvalue weighted by Gasteiger charge is -2.15. The van der Waals surface area contributed by atoms with Crippen molar-refractivity contribution in [3.05, 3.63) is 35.9 Å². The Kier molecular flexibility index (Phi) is 5.81. The predicted octanol–water partition coefficient (Wildman–Crippen LogP) is 0.535. The van der Waals surface area contributed by atoms with Gasteiger partial charge >= 0.3 is 12.0 Å². The molecule has 2 atom stereocenters. The number of hydrogen-bond acceptors (Lipinski definition) is 3. The molecule has 6 nitrogen and oxygen atoms in total. The van der Waals surface area contributed by atoms with Gasteiger partial charge < -0.3 is 20.8 Å². The highest BCUT2D eigenvalue weighted by Gasteiger charge is 2.18. The maximum Gasteiger partial charge on any atom is 0.328 e. The molecule has 2 amide bonds. The minimum Gasteiger partial charge on any atom is -0.480 e. The van der Waals surface area contributed by atoms with Crippen molar-refractivity contribution in [2.75, 3.05) is 13.2 Å². The molecule has 19 heavy (non-hydrogen) atoms. The highest BCUT2D eigenvalue weighted by molar-refractivity contribution is 5.82. The van der Waals surface area contributed by atoms with Crippen LogP contribution in [0, 0.1) is 0 Å². The number of carbonyl (C=O) groups is 2. The second-order valence-corrected chi connectivity index (χ2v) is 4.24. The summed E-state index contributed by atoms with van der Waals surface area (Å²) in [5.41, 5.74) is 1.08. The zero-order valence-corrected chi connectivity index (χ0v) is 10.7. The lowest BCUT2D eigenvalue weighted by molar-refractivity contribution is -0.140. The number of amides is 2. The summed E-state index contributed by atoms with van der Waals surface area (Å²) in [4.78, 5) is 22.1. The second kappa shape index (κ2) is 7.38. The van der Waals surface area contributed by atoms with E-state index in [1.807, 2.05) is 37.3 Å². The molecule has 6 heteroatoms. The third kappa shape index (κ3) is 4.97. The van der Waals surface area contributed by atoms with E-state index in [2.05, 4.69) is 10.6 Å². The fourth-order valence-corrected chi connectivity index (χ4v) is 1.54. The van der Waals surface area contributed by atoms with Gasteiger partial charge in [0.25, 0.3) is 0 Å². The number of carboxylic acid groups (broad SMARTS) is 1. The Balaban J connectivity index is 2.40. The van der Waals surface area contributed by atoms with Gasteiger partial charge in [-0.05, 0) is 11.5 Å². The molecule has 0 bridgehead atoms. The van der Waals surface area contributed by atoms with Crippen LogP contribution in [-0.2, 0) is 4.79 Å². The summed E-state index contributed by atoms with van der Waals surface area (Å²) in [6.07, 6.45) is 0. The molecule has 0 saturated carbocycles. The van der Waals surface area contributed by atoms with Crippen molar-refractivity contribution in [3.8, 4) is 0 Å². The molecule has 0 aromatic heterocycles. The van der Waals surface area contributed by atoms with Gasteiger partial charge in [-0.15, -0.1) is 0 Å². The Morgan fingerprint density at radius 2 is 1.89 bits per heavy atom. The van der Waals surface area contributed by atoms with Crippen LogP contribution in [0.15, 0.2) is 30.3 Å². The molecular formula is C13H18N2O4. The lowest BCUT2D eigenvalue weighted by Crippen LogP contribution is -2.48. The van der Waals surface area contributed by atoms with Gasteiger partial charge in [0.15, 0.2) is 6.04 Å². The zero-order valence-electron chi connectivity index (χ0n) is 10.7. The molecule has 0 saturated heterocycles. The zero-order chi connectivity index (χ0) is 14.3. The van der Waals surface area contributed by atoms with Gasteiger partial charge in [0.1, 0.15) is 0 Å². The van der Waals surface area contributed by atoms with Crippen LogP contribution in [0.4, 0.5) is 4.79 Å². The molecule has 104 valence electrons. The summed E-state index contributed by atoms with van der Waals surface area (Å²) >= 11 is 0. The van der Waals surface area contributed by atoms with E-state index in [4.69, 9.17) is 10.2 Å². The number of benzene rings is 1. The van der Waals surface area contributed by atoms with E-state index < -0.39 is 24.6 Å². The molecule has 0 aliphatic rings. The average molecular weight is 266 g/mol. The number of carbonyl (C=O) groups excluding carboxylic acids is 1. The summed E-state index contributed by atoms with van der Waals surface area (Å²) in [5.74, 6) is -1.15. The average Bonchev–Trinajstić information content (AvgIpc) is 2.42. The molecule has 0 aliphatic carbocycles. The van der Waals surface area contributed by atoms with Gasteiger partial charge in [-0.1, -0.05) is 37.3 Å². The summed E-state index contributed by atoms with van der Waals surface area (Å²) in [5, 5.41) is 22.2. The molecule has 1 rings (SSSR count). The molecule has 1 aromatic carbocycles. The van der Waals surface area contributed by atoms with E-state index in [1.165, 1.54) is 0 Å². The quantitative estimate of drug-likeness (QED) is 0.603. The topological polar surface area (TPSA) is 98.7 Å². The van der Waals surface area contributed by atoms with Crippen LogP contribution in [-0.4, -0.2) is 41.4 Å². The molecule has 0 heterocycles. The number of carboxylic acids is 1. The number of aliphatic hydroxyl groups is 1. The van der Waals surface area contributed by atoms with Crippen molar-refractivity contribution < 1.29 is 19.8 Å². The first-order chi connectivity index (χ1) is 9.04. The maximum atomic E-state index is 11.5. The van der Waals surface area contributed by atoms with Crippen molar-refractivity contribution in [2.24, 2.45) is 0 Å². The van der Waals surface area contributed by atoms with Crippen LogP contribution >= 0.6 is 0 Å². The molecule has 0 spiro atoms. The van der Waals surface area contributed by atoms with Crippen molar-refractivity contribution in [3.63, 3.8) is 0 Å². The van der Waals surface area contributed by atoms with Crippen LogP contribution in [0.2, 0.25) is 0 Å². The molecule has 1 aromatic rings. The van der Waals surface area contributed by atoms with Gasteiger partial charge in [0, 0.05) is 6.54 Å². The first-order valence-electron chi connectivity index (χ1n) is 5.97. The summed E-state index contributed by atoms with van der Waals surface area (Å²) in [7, 11) is 0. The highest BCUT2D eigenvalue weighted by atomic mass is 16.4. The van der Waals surface area contributed by atoms with Crippen LogP contribution in [0.3, 0.4) is 0 Å². The van der Waals surface area contributed by atoms with E-state index in [-0.39, 0.29) is 5.92 Å². The number of rotatable bonds is 6. The number of urea groups is 1. The summed E-state index contributed by atoms with van der Waals surface area (Å²) < 4.78 is 0. The van der Waals surface area contributed by atoms with E-state index in [0.717, 1.165) is 5.56 Å². The van der Waals surface area contributed by atoms with Gasteiger partial charge in [0.05, 0.1) is 6.61 Å². The highest BCUT2D eigenvalue weighted by Crippen LogP contribution is 2.12. The van der Waals surface area contributed by atoms with Crippen LogP contribution in [0.5, 0.6) is 0 Å². The molecule has 4 N–H and O–H groups in total. The van der Waals surface area contributed by atoms with Gasteiger partial charge in [-0.25, -0.2) is 9.59 Å². The molecule has 2 unspecified atom stereocenters. The Labute approximate surface area is 111 Å². The first kappa shape index (κ1) is 15.0. The largest absolute Gasteiger partial charge is 0.480 e. The number of aliphatic hydroxyl groups excluding tert-OH is 1. The van der Waals surface area contributed by atoms with Gasteiger partial charge in [-0.3, -0.25) is 0 Å². The molecule has 0 aliphatic heterocycles. The van der Waals surface area contributed by atoms with E-state index in [9.17, 15) is 9.59 Å². The monoisotopic (exact) mass is 266 g/mol. The second-order valence-electron chi connectivity index (χ2n) is 4.24. The number of nitrogens with one attached hydrogen (secondary N) is 2. The van der Waals surface area contributed by atoms with E-state index in [1.54, 1.807) is 0 Å². The minimum absolute atomic E-state index is 0.115. The Bertz CT molecular complexity index is 422. The lowest BCUT2D eigenvalue weighted by atomic mass is 10.0. The smallest absolute Gasteiger partial charge is 0.328 e. The van der Waals surface area contributed by atoms with Crippen molar-refractivity contribution in [1.29, 1.82) is 0 Å². The van der Waals surface area contributed by atoms with E-state index in [0.29, 0.717) is 6.54 Å². The van der Waals surface area contributed by atoms with Crippen molar-refractivity contribution in [2.45, 2.75) is 18.9 Å². The number of hydrogen-bond donors (Lipinski definition) is 4. The van der Waals surface area contributed by atoms with Crippen molar-refractivity contribution >= 4 is 12.0 Å². The minimum atomic E-state index is -1.29. The van der Waals surface area contributed by atoms with Crippen LogP contribution in [0.25, 0.3) is 0 Å². The molecular weight excluding hydrogens is 248 g/mol. The Morgan fingerprint density at radius 3 is 2.42 bits per heavy atom. The summed E-state index contributed by atoms with van der Waals surface area (Å²) in [6.45, 7) is 1.70. The number of aliphatic carboxylic acids is 1. The van der Waals surface area contributed by atoms with Crippen LogP contribution < -0.4 is 10.6 Å². The Morgan fingerprint density at radius 1 is 1.26 bits per heavy atom. The molecule has 0 fully saturated rings. The maximum absolute atomic E-state index is 11.5.